The molecule has 1 aliphatic rings. The predicted octanol–water partition coefficient (Wildman–Crippen LogP) is 2.55. The summed E-state index contributed by atoms with van der Waals surface area (Å²) >= 11 is 0. The fraction of sp³-hybridized carbons (Fsp3) is 0.650. The molecule has 0 atom stereocenters. The maximum Gasteiger partial charge on any atom is 0.193 e. The molecule has 1 heterocycles. The van der Waals surface area contributed by atoms with Gasteiger partial charge in [-0.3, -0.25) is 4.99 Å². The van der Waals surface area contributed by atoms with Crippen LogP contribution in [0.15, 0.2) is 35.3 Å². The molecule has 0 unspecified atom stereocenters. The van der Waals surface area contributed by atoms with E-state index in [2.05, 4.69) is 15.2 Å². The Kier molecular flexibility index (Phi) is 9.90. The molecule has 1 fully saturated rings. The number of likely N-dealkylation sites (tertiary alicyclic amines) is 1. The zero-order valence-electron chi connectivity index (χ0n) is 16.2. The van der Waals surface area contributed by atoms with Gasteiger partial charge in [-0.2, -0.15) is 0 Å². The first-order valence-electron chi connectivity index (χ1n) is 9.57. The molecule has 0 aromatic heterocycles. The lowest BCUT2D eigenvalue weighted by Crippen LogP contribution is -2.47. The van der Waals surface area contributed by atoms with Crippen molar-refractivity contribution < 1.29 is 14.2 Å². The van der Waals surface area contributed by atoms with Gasteiger partial charge in [0, 0.05) is 47.0 Å². The standard InChI is InChI=1S/C20H33N3O3/c1-21-20(22-12-6-16-25-18-8-4-3-5-9-18)23-13-10-19(11-14-23)26-17-7-15-24-2/h3-5,8-9,19H,6-7,10-17H2,1-2H3,(H,21,22). The molecule has 2 rings (SSSR count). The number of nitrogens with one attached hydrogen (secondary N) is 1. The summed E-state index contributed by atoms with van der Waals surface area (Å²) in [7, 11) is 3.57. The maximum absolute atomic E-state index is 5.92. The van der Waals surface area contributed by atoms with Crippen molar-refractivity contribution in [2.24, 2.45) is 4.99 Å². The van der Waals surface area contributed by atoms with Gasteiger partial charge in [0.1, 0.15) is 5.75 Å². The first-order chi connectivity index (χ1) is 12.8. The lowest BCUT2D eigenvalue weighted by Gasteiger charge is -2.34. The quantitative estimate of drug-likeness (QED) is 0.393. The Morgan fingerprint density at radius 3 is 2.58 bits per heavy atom. The van der Waals surface area contributed by atoms with Crippen molar-refractivity contribution in [2.75, 3.05) is 53.6 Å². The highest BCUT2D eigenvalue weighted by molar-refractivity contribution is 5.79. The molecule has 1 aromatic carbocycles. The highest BCUT2D eigenvalue weighted by atomic mass is 16.5. The van der Waals surface area contributed by atoms with Gasteiger partial charge in [-0.15, -0.1) is 0 Å². The van der Waals surface area contributed by atoms with E-state index in [9.17, 15) is 0 Å². The lowest BCUT2D eigenvalue weighted by molar-refractivity contribution is 0.00991. The molecule has 6 nitrogen and oxygen atoms in total. The molecule has 26 heavy (non-hydrogen) atoms. The smallest absolute Gasteiger partial charge is 0.193 e. The molecule has 0 spiro atoms. The Balaban J connectivity index is 1.57. The fourth-order valence-corrected chi connectivity index (χ4v) is 3.00. The molecule has 0 amide bonds. The summed E-state index contributed by atoms with van der Waals surface area (Å²) in [5.41, 5.74) is 0. The molecule has 0 bridgehead atoms. The Morgan fingerprint density at radius 1 is 1.12 bits per heavy atom. The highest BCUT2D eigenvalue weighted by Gasteiger charge is 2.21. The summed E-state index contributed by atoms with van der Waals surface area (Å²) < 4.78 is 16.7. The molecular formula is C20H33N3O3. The Hall–Kier alpha value is -1.79. The van der Waals surface area contributed by atoms with E-state index >= 15 is 0 Å². The molecular weight excluding hydrogens is 330 g/mol. The van der Waals surface area contributed by atoms with Crippen LogP contribution in [0.4, 0.5) is 0 Å². The Morgan fingerprint density at radius 2 is 1.88 bits per heavy atom. The van der Waals surface area contributed by atoms with Crippen LogP contribution in [0.5, 0.6) is 5.75 Å². The van der Waals surface area contributed by atoms with Crippen LogP contribution in [0.2, 0.25) is 0 Å². The van der Waals surface area contributed by atoms with Crippen LogP contribution in [0.3, 0.4) is 0 Å². The molecule has 1 N–H and O–H groups in total. The average Bonchev–Trinajstić information content (AvgIpc) is 2.69. The second-order valence-electron chi connectivity index (χ2n) is 6.39. The average molecular weight is 364 g/mol. The van der Waals surface area contributed by atoms with E-state index in [-0.39, 0.29) is 0 Å². The Labute approximate surface area is 157 Å². The van der Waals surface area contributed by atoms with Crippen LogP contribution in [0, 0.1) is 0 Å². The molecule has 1 saturated heterocycles. The van der Waals surface area contributed by atoms with E-state index in [1.54, 1.807) is 7.11 Å². The molecule has 1 aliphatic heterocycles. The number of benzene rings is 1. The molecule has 6 heteroatoms. The lowest BCUT2D eigenvalue weighted by atomic mass is 10.1. The summed E-state index contributed by atoms with van der Waals surface area (Å²) in [4.78, 5) is 6.72. The maximum atomic E-state index is 5.92. The van der Waals surface area contributed by atoms with Gasteiger partial charge < -0.3 is 24.4 Å². The minimum absolute atomic E-state index is 0.362. The number of nitrogens with zero attached hydrogens (tertiary/aromatic N) is 2. The highest BCUT2D eigenvalue weighted by Crippen LogP contribution is 2.14. The van der Waals surface area contributed by atoms with E-state index in [1.165, 1.54) is 0 Å². The number of guanidine groups is 1. The molecule has 1 aromatic rings. The van der Waals surface area contributed by atoms with E-state index in [1.807, 2.05) is 37.4 Å². The summed E-state index contributed by atoms with van der Waals surface area (Å²) in [6.07, 6.45) is 4.36. The minimum Gasteiger partial charge on any atom is -0.494 e. The van der Waals surface area contributed by atoms with Gasteiger partial charge in [0.25, 0.3) is 0 Å². The van der Waals surface area contributed by atoms with Crippen molar-refractivity contribution >= 4 is 5.96 Å². The van der Waals surface area contributed by atoms with E-state index in [0.717, 1.165) is 70.2 Å². The monoisotopic (exact) mass is 363 g/mol. The van der Waals surface area contributed by atoms with Gasteiger partial charge in [-0.05, 0) is 37.8 Å². The third-order valence-electron chi connectivity index (χ3n) is 4.42. The van der Waals surface area contributed by atoms with Crippen LogP contribution in [0.1, 0.15) is 25.7 Å². The number of methoxy groups -OCH3 is 1. The van der Waals surface area contributed by atoms with Crippen LogP contribution in [0.25, 0.3) is 0 Å². The number of piperidine rings is 1. The third-order valence-corrected chi connectivity index (χ3v) is 4.42. The largest absolute Gasteiger partial charge is 0.494 e. The fourth-order valence-electron chi connectivity index (χ4n) is 3.00. The second-order valence-corrected chi connectivity index (χ2v) is 6.39. The van der Waals surface area contributed by atoms with Crippen molar-refractivity contribution in [3.05, 3.63) is 30.3 Å². The van der Waals surface area contributed by atoms with E-state index in [0.29, 0.717) is 12.7 Å². The van der Waals surface area contributed by atoms with E-state index in [4.69, 9.17) is 14.2 Å². The zero-order chi connectivity index (χ0) is 18.5. The molecule has 0 saturated carbocycles. The zero-order valence-corrected chi connectivity index (χ0v) is 16.2. The van der Waals surface area contributed by atoms with Crippen LogP contribution < -0.4 is 10.1 Å². The van der Waals surface area contributed by atoms with Gasteiger partial charge in [0.05, 0.1) is 12.7 Å². The summed E-state index contributed by atoms with van der Waals surface area (Å²) in [6, 6.07) is 9.93. The van der Waals surface area contributed by atoms with Gasteiger partial charge in [-0.1, -0.05) is 18.2 Å². The third kappa shape index (κ3) is 7.62. The van der Waals surface area contributed by atoms with Gasteiger partial charge in [0.15, 0.2) is 5.96 Å². The van der Waals surface area contributed by atoms with Crippen molar-refractivity contribution in [2.45, 2.75) is 31.8 Å². The van der Waals surface area contributed by atoms with Gasteiger partial charge in [-0.25, -0.2) is 0 Å². The van der Waals surface area contributed by atoms with Crippen molar-refractivity contribution in [3.63, 3.8) is 0 Å². The molecule has 146 valence electrons. The number of para-hydroxylation sites is 1. The van der Waals surface area contributed by atoms with Crippen LogP contribution in [-0.4, -0.2) is 70.6 Å². The van der Waals surface area contributed by atoms with Crippen molar-refractivity contribution in [1.29, 1.82) is 0 Å². The molecule has 0 aliphatic carbocycles. The van der Waals surface area contributed by atoms with Gasteiger partial charge >= 0.3 is 0 Å². The predicted molar refractivity (Wildman–Crippen MR) is 105 cm³/mol. The number of hydrogen-bond acceptors (Lipinski definition) is 4. The summed E-state index contributed by atoms with van der Waals surface area (Å²) in [5.74, 6) is 1.90. The number of aliphatic imine (C=N–C) groups is 1. The minimum atomic E-state index is 0.362. The SMILES string of the molecule is CN=C(NCCCOc1ccccc1)N1CCC(OCCCOC)CC1. The van der Waals surface area contributed by atoms with E-state index < -0.39 is 0 Å². The van der Waals surface area contributed by atoms with Gasteiger partial charge in [0.2, 0.25) is 0 Å². The first-order valence-corrected chi connectivity index (χ1v) is 9.57. The van der Waals surface area contributed by atoms with Crippen molar-refractivity contribution in [3.8, 4) is 5.75 Å². The number of ether oxygens (including phenoxy) is 3. The summed E-state index contributed by atoms with van der Waals surface area (Å²) in [6.45, 7) is 5.07. The normalized spacial score (nSPS) is 15.9. The van der Waals surface area contributed by atoms with Crippen LogP contribution in [-0.2, 0) is 9.47 Å². The Bertz CT molecular complexity index is 502. The topological polar surface area (TPSA) is 55.3 Å². The van der Waals surface area contributed by atoms with Crippen molar-refractivity contribution in [1.82, 2.24) is 10.2 Å². The number of hydrogen-bond donors (Lipinski definition) is 1. The van der Waals surface area contributed by atoms with Crippen LogP contribution >= 0.6 is 0 Å². The second kappa shape index (κ2) is 12.5. The number of rotatable bonds is 10. The first kappa shape index (κ1) is 20.5. The summed E-state index contributed by atoms with van der Waals surface area (Å²) in [5, 5.41) is 3.44. The molecule has 0 radical (unpaired) electrons.